The molecule has 0 saturated carbocycles. The van der Waals surface area contributed by atoms with Crippen LogP contribution in [0.15, 0.2) is 18.2 Å². The summed E-state index contributed by atoms with van der Waals surface area (Å²) in [5, 5.41) is 3.16. The molecule has 1 heterocycles. The maximum absolute atomic E-state index is 13.8. The molecule has 1 aromatic carbocycles. The molecule has 1 aromatic rings. The molecule has 0 aromatic heterocycles. The van der Waals surface area contributed by atoms with Gasteiger partial charge < -0.3 is 15.1 Å². The van der Waals surface area contributed by atoms with Gasteiger partial charge in [-0.1, -0.05) is 11.6 Å². The second-order valence-electron chi connectivity index (χ2n) is 5.86. The fourth-order valence-corrected chi connectivity index (χ4v) is 2.67. The fraction of sp³-hybridized carbons (Fsp3) is 0.500. The first-order valence-electron chi connectivity index (χ1n) is 7.68. The molecule has 0 bridgehead atoms. The van der Waals surface area contributed by atoms with Gasteiger partial charge in [0.15, 0.2) is 0 Å². The maximum Gasteiger partial charge on any atom is 0.317 e. The highest BCUT2D eigenvalue weighted by atomic mass is 35.5. The Balaban J connectivity index is 2.04. The zero-order chi connectivity index (χ0) is 17.0. The Kier molecular flexibility index (Phi) is 5.82. The lowest BCUT2D eigenvalue weighted by molar-refractivity contribution is 0.0757. The molecule has 1 aliphatic heterocycles. The van der Waals surface area contributed by atoms with Gasteiger partial charge >= 0.3 is 6.03 Å². The van der Waals surface area contributed by atoms with E-state index >= 15 is 0 Å². The van der Waals surface area contributed by atoms with E-state index in [-0.39, 0.29) is 17.6 Å². The van der Waals surface area contributed by atoms with Crippen LogP contribution in [0.4, 0.5) is 9.18 Å². The van der Waals surface area contributed by atoms with Crippen LogP contribution < -0.4 is 5.32 Å². The maximum atomic E-state index is 13.8. The van der Waals surface area contributed by atoms with Crippen molar-refractivity contribution in [1.82, 2.24) is 15.1 Å². The van der Waals surface area contributed by atoms with Crippen molar-refractivity contribution in [2.75, 3.05) is 26.2 Å². The largest absolute Gasteiger partial charge is 0.337 e. The molecule has 1 fully saturated rings. The zero-order valence-corrected chi connectivity index (χ0v) is 14.1. The van der Waals surface area contributed by atoms with Crippen LogP contribution in [0.1, 0.15) is 30.6 Å². The Morgan fingerprint density at radius 2 is 1.83 bits per heavy atom. The lowest BCUT2D eigenvalue weighted by Crippen LogP contribution is -2.44. The van der Waals surface area contributed by atoms with E-state index in [1.807, 2.05) is 13.8 Å². The summed E-state index contributed by atoms with van der Waals surface area (Å²) >= 11 is 5.85. The van der Waals surface area contributed by atoms with E-state index in [2.05, 4.69) is 5.32 Å². The Bertz CT molecular complexity index is 595. The fourth-order valence-electron chi connectivity index (χ4n) is 2.49. The number of nitrogens with zero attached hydrogens (tertiary/aromatic N) is 2. The first kappa shape index (κ1) is 17.5. The third-order valence-corrected chi connectivity index (χ3v) is 3.88. The molecular weight excluding hydrogens is 321 g/mol. The van der Waals surface area contributed by atoms with Crippen molar-refractivity contribution >= 4 is 23.5 Å². The van der Waals surface area contributed by atoms with E-state index in [1.54, 1.807) is 9.80 Å². The Labute approximate surface area is 140 Å². The first-order valence-corrected chi connectivity index (χ1v) is 8.06. The van der Waals surface area contributed by atoms with Gasteiger partial charge in [-0.15, -0.1) is 0 Å². The smallest absolute Gasteiger partial charge is 0.317 e. The number of nitrogens with one attached hydrogen (secondary N) is 1. The minimum atomic E-state index is -0.585. The van der Waals surface area contributed by atoms with Crippen LogP contribution in [0.25, 0.3) is 0 Å². The average Bonchev–Trinajstić information content (AvgIpc) is 2.74. The van der Waals surface area contributed by atoms with Gasteiger partial charge in [-0.3, -0.25) is 4.79 Å². The van der Waals surface area contributed by atoms with Crippen molar-refractivity contribution in [1.29, 1.82) is 0 Å². The predicted molar refractivity (Wildman–Crippen MR) is 87.2 cm³/mol. The van der Waals surface area contributed by atoms with Gasteiger partial charge in [0.1, 0.15) is 5.82 Å². The number of carbonyl (C=O) groups excluding carboxylic acids is 2. The van der Waals surface area contributed by atoms with E-state index in [0.29, 0.717) is 37.6 Å². The molecule has 0 radical (unpaired) electrons. The SMILES string of the molecule is CC(C)NC(=O)N1CCCN(C(=O)c2cc(Cl)ccc2F)CC1. The highest BCUT2D eigenvalue weighted by Crippen LogP contribution is 2.17. The van der Waals surface area contributed by atoms with E-state index < -0.39 is 11.7 Å². The summed E-state index contributed by atoms with van der Waals surface area (Å²) in [6.07, 6.45) is 0.652. The first-order chi connectivity index (χ1) is 10.9. The summed E-state index contributed by atoms with van der Waals surface area (Å²) in [5.41, 5.74) is -0.0300. The van der Waals surface area contributed by atoms with Crippen molar-refractivity contribution in [2.24, 2.45) is 0 Å². The minimum Gasteiger partial charge on any atom is -0.337 e. The Morgan fingerprint density at radius 3 is 2.52 bits per heavy atom. The molecule has 0 aliphatic carbocycles. The van der Waals surface area contributed by atoms with Crippen LogP contribution in [-0.4, -0.2) is 54.0 Å². The van der Waals surface area contributed by atoms with Crippen LogP contribution >= 0.6 is 11.6 Å². The summed E-state index contributed by atoms with van der Waals surface area (Å²) < 4.78 is 13.8. The van der Waals surface area contributed by atoms with Crippen molar-refractivity contribution < 1.29 is 14.0 Å². The molecular formula is C16H21ClFN3O2. The predicted octanol–water partition coefficient (Wildman–Crippen LogP) is 2.75. The Hall–Kier alpha value is -1.82. The molecule has 2 rings (SSSR count). The zero-order valence-electron chi connectivity index (χ0n) is 13.3. The number of benzene rings is 1. The van der Waals surface area contributed by atoms with Gasteiger partial charge in [0, 0.05) is 37.2 Å². The monoisotopic (exact) mass is 341 g/mol. The van der Waals surface area contributed by atoms with E-state index in [9.17, 15) is 14.0 Å². The summed E-state index contributed by atoms with van der Waals surface area (Å²) in [7, 11) is 0. The van der Waals surface area contributed by atoms with E-state index in [1.165, 1.54) is 18.2 Å². The number of urea groups is 1. The molecule has 7 heteroatoms. The van der Waals surface area contributed by atoms with Crippen molar-refractivity contribution in [3.05, 3.63) is 34.6 Å². The van der Waals surface area contributed by atoms with Gasteiger partial charge in [0.05, 0.1) is 5.56 Å². The molecule has 1 saturated heterocycles. The van der Waals surface area contributed by atoms with Gasteiger partial charge in [-0.25, -0.2) is 9.18 Å². The molecule has 3 amide bonds. The van der Waals surface area contributed by atoms with Crippen LogP contribution in [0.3, 0.4) is 0 Å². The third-order valence-electron chi connectivity index (χ3n) is 3.64. The number of halogens is 2. The van der Waals surface area contributed by atoms with Crippen LogP contribution in [0.5, 0.6) is 0 Å². The lowest BCUT2D eigenvalue weighted by Gasteiger charge is -2.23. The number of hydrogen-bond acceptors (Lipinski definition) is 2. The van der Waals surface area contributed by atoms with Gasteiger partial charge in [0.2, 0.25) is 0 Å². The number of rotatable bonds is 2. The van der Waals surface area contributed by atoms with Crippen LogP contribution in [0.2, 0.25) is 5.02 Å². The van der Waals surface area contributed by atoms with Crippen molar-refractivity contribution in [3.63, 3.8) is 0 Å². The highest BCUT2D eigenvalue weighted by Gasteiger charge is 2.24. The van der Waals surface area contributed by atoms with Gasteiger partial charge in [-0.05, 0) is 38.5 Å². The number of hydrogen-bond donors (Lipinski definition) is 1. The summed E-state index contributed by atoms with van der Waals surface area (Å²) in [6, 6.07) is 3.87. The minimum absolute atomic E-state index is 0.0300. The molecule has 0 unspecified atom stereocenters. The molecule has 0 spiro atoms. The molecule has 126 valence electrons. The molecule has 23 heavy (non-hydrogen) atoms. The number of carbonyl (C=O) groups is 2. The average molecular weight is 342 g/mol. The molecule has 1 N–H and O–H groups in total. The van der Waals surface area contributed by atoms with Crippen molar-refractivity contribution in [3.8, 4) is 0 Å². The van der Waals surface area contributed by atoms with E-state index in [0.717, 1.165) is 0 Å². The summed E-state index contributed by atoms with van der Waals surface area (Å²) in [6.45, 7) is 5.64. The third kappa shape index (κ3) is 4.58. The molecule has 5 nitrogen and oxygen atoms in total. The molecule has 0 atom stereocenters. The second kappa shape index (κ2) is 7.64. The van der Waals surface area contributed by atoms with Crippen molar-refractivity contribution in [2.45, 2.75) is 26.3 Å². The van der Waals surface area contributed by atoms with Crippen LogP contribution in [0, 0.1) is 5.82 Å². The Morgan fingerprint density at radius 1 is 1.17 bits per heavy atom. The highest BCUT2D eigenvalue weighted by molar-refractivity contribution is 6.31. The van der Waals surface area contributed by atoms with Crippen LogP contribution in [-0.2, 0) is 0 Å². The quantitative estimate of drug-likeness (QED) is 0.899. The lowest BCUT2D eigenvalue weighted by atomic mass is 10.2. The standard InChI is InChI=1S/C16H21ClFN3O2/c1-11(2)19-16(23)21-7-3-6-20(8-9-21)15(22)13-10-12(17)4-5-14(13)18/h4-5,10-11H,3,6-9H2,1-2H3,(H,19,23). The van der Waals surface area contributed by atoms with E-state index in [4.69, 9.17) is 11.6 Å². The molecule has 1 aliphatic rings. The normalized spacial score (nSPS) is 15.5. The summed E-state index contributed by atoms with van der Waals surface area (Å²) in [4.78, 5) is 27.8. The van der Waals surface area contributed by atoms with Gasteiger partial charge in [-0.2, -0.15) is 0 Å². The topological polar surface area (TPSA) is 52.7 Å². The second-order valence-corrected chi connectivity index (χ2v) is 6.30. The van der Waals surface area contributed by atoms with Gasteiger partial charge in [0.25, 0.3) is 5.91 Å². The summed E-state index contributed by atoms with van der Waals surface area (Å²) in [5.74, 6) is -0.978. The number of amides is 3.